The van der Waals surface area contributed by atoms with Crippen LogP contribution in [0.1, 0.15) is 27.0 Å². The van der Waals surface area contributed by atoms with Crippen LogP contribution in [0.3, 0.4) is 0 Å². The minimum absolute atomic E-state index is 0.107. The number of carbonyl (C=O) groups excluding carboxylic acids is 2. The van der Waals surface area contributed by atoms with Crippen LogP contribution in [0.25, 0.3) is 10.9 Å². The van der Waals surface area contributed by atoms with E-state index in [1.54, 1.807) is 35.2 Å². The molecule has 2 heterocycles. The number of H-pyrrole nitrogens is 1. The number of thiophene rings is 1. The number of carbonyl (C=O) groups is 2. The lowest BCUT2D eigenvalue weighted by Gasteiger charge is -2.21. The van der Waals surface area contributed by atoms with Gasteiger partial charge in [-0.15, -0.1) is 11.3 Å². The molecule has 0 fully saturated rings. The molecule has 0 aliphatic heterocycles. The average Bonchev–Trinajstić information content (AvgIpc) is 3.40. The maximum atomic E-state index is 13.1. The standard InChI is InChI=1S/C22H19N3O2S/c1-2-25(18-8-9-19-15(14-18)10-11-23-19)22(27)16-5-3-6-17(13-16)24-21(26)20-7-4-12-28-20/h3-14,23H,2H2,1H3,(H,24,26). The molecular formula is C22H19N3O2S. The summed E-state index contributed by atoms with van der Waals surface area (Å²) in [6.07, 6.45) is 1.88. The van der Waals surface area contributed by atoms with Gasteiger partial charge in [-0.1, -0.05) is 12.1 Å². The normalized spacial score (nSPS) is 10.8. The average molecular weight is 389 g/mol. The molecule has 140 valence electrons. The second-order valence-corrected chi connectivity index (χ2v) is 7.26. The van der Waals surface area contributed by atoms with Crippen molar-refractivity contribution in [1.29, 1.82) is 0 Å². The van der Waals surface area contributed by atoms with Crippen LogP contribution >= 0.6 is 11.3 Å². The van der Waals surface area contributed by atoms with E-state index in [0.717, 1.165) is 16.6 Å². The van der Waals surface area contributed by atoms with Gasteiger partial charge < -0.3 is 15.2 Å². The van der Waals surface area contributed by atoms with E-state index in [4.69, 9.17) is 0 Å². The van der Waals surface area contributed by atoms with Crippen LogP contribution < -0.4 is 10.2 Å². The molecule has 0 saturated carbocycles. The molecule has 4 aromatic rings. The molecule has 0 unspecified atom stereocenters. The summed E-state index contributed by atoms with van der Waals surface area (Å²) in [5, 5.41) is 5.77. The van der Waals surface area contributed by atoms with E-state index in [-0.39, 0.29) is 11.8 Å². The van der Waals surface area contributed by atoms with Crippen LogP contribution in [-0.4, -0.2) is 23.3 Å². The van der Waals surface area contributed by atoms with Gasteiger partial charge in [0.25, 0.3) is 11.8 Å². The lowest BCUT2D eigenvalue weighted by molar-refractivity contribution is 0.0986. The van der Waals surface area contributed by atoms with Crippen molar-refractivity contribution in [3.05, 3.63) is 82.7 Å². The highest BCUT2D eigenvalue weighted by molar-refractivity contribution is 7.12. The maximum absolute atomic E-state index is 13.1. The van der Waals surface area contributed by atoms with Crippen molar-refractivity contribution in [2.75, 3.05) is 16.8 Å². The van der Waals surface area contributed by atoms with Gasteiger partial charge in [-0.3, -0.25) is 9.59 Å². The zero-order chi connectivity index (χ0) is 19.5. The highest BCUT2D eigenvalue weighted by atomic mass is 32.1. The lowest BCUT2D eigenvalue weighted by atomic mass is 10.1. The molecule has 0 saturated heterocycles. The molecule has 2 N–H and O–H groups in total. The number of nitrogens with zero attached hydrogens (tertiary/aromatic N) is 1. The monoisotopic (exact) mass is 389 g/mol. The quantitative estimate of drug-likeness (QED) is 0.496. The first kappa shape index (κ1) is 18.0. The van der Waals surface area contributed by atoms with Crippen molar-refractivity contribution >= 4 is 45.4 Å². The molecule has 2 aromatic carbocycles. The number of aromatic nitrogens is 1. The largest absolute Gasteiger partial charge is 0.361 e. The molecule has 0 spiro atoms. The van der Waals surface area contributed by atoms with Gasteiger partial charge in [0, 0.05) is 40.6 Å². The van der Waals surface area contributed by atoms with Crippen molar-refractivity contribution in [3.63, 3.8) is 0 Å². The Hall–Kier alpha value is -3.38. The molecule has 0 atom stereocenters. The Morgan fingerprint density at radius 2 is 1.96 bits per heavy atom. The third-order valence-corrected chi connectivity index (χ3v) is 5.39. The van der Waals surface area contributed by atoms with Crippen molar-refractivity contribution in [2.45, 2.75) is 6.92 Å². The number of hydrogen-bond acceptors (Lipinski definition) is 3. The summed E-state index contributed by atoms with van der Waals surface area (Å²) in [5.41, 5.74) is 3.00. The van der Waals surface area contributed by atoms with E-state index in [0.29, 0.717) is 22.7 Å². The van der Waals surface area contributed by atoms with Crippen molar-refractivity contribution in [1.82, 2.24) is 4.98 Å². The highest BCUT2D eigenvalue weighted by Crippen LogP contribution is 2.24. The Morgan fingerprint density at radius 1 is 1.07 bits per heavy atom. The summed E-state index contributed by atoms with van der Waals surface area (Å²) in [6.45, 7) is 2.49. The third kappa shape index (κ3) is 3.54. The molecule has 0 bridgehead atoms. The van der Waals surface area contributed by atoms with Gasteiger partial charge in [0.15, 0.2) is 0 Å². The molecule has 2 amide bonds. The predicted molar refractivity (Wildman–Crippen MR) is 114 cm³/mol. The van der Waals surface area contributed by atoms with E-state index >= 15 is 0 Å². The van der Waals surface area contributed by atoms with Gasteiger partial charge in [-0.05, 0) is 60.8 Å². The van der Waals surface area contributed by atoms with Crippen molar-refractivity contribution < 1.29 is 9.59 Å². The van der Waals surface area contributed by atoms with Gasteiger partial charge in [0.1, 0.15) is 0 Å². The Bertz CT molecular complexity index is 1130. The smallest absolute Gasteiger partial charge is 0.265 e. The van der Waals surface area contributed by atoms with Crippen LogP contribution in [0.5, 0.6) is 0 Å². The number of fused-ring (bicyclic) bond motifs is 1. The number of aromatic amines is 1. The van der Waals surface area contributed by atoms with Gasteiger partial charge in [0.2, 0.25) is 0 Å². The topological polar surface area (TPSA) is 65.2 Å². The van der Waals surface area contributed by atoms with E-state index in [9.17, 15) is 9.59 Å². The van der Waals surface area contributed by atoms with Gasteiger partial charge in [-0.2, -0.15) is 0 Å². The zero-order valence-corrected chi connectivity index (χ0v) is 16.1. The van der Waals surface area contributed by atoms with Gasteiger partial charge >= 0.3 is 0 Å². The molecule has 4 rings (SSSR count). The van der Waals surface area contributed by atoms with Crippen LogP contribution in [-0.2, 0) is 0 Å². The number of benzene rings is 2. The third-order valence-electron chi connectivity index (χ3n) is 4.52. The molecule has 0 aliphatic carbocycles. The summed E-state index contributed by atoms with van der Waals surface area (Å²) < 4.78 is 0. The first-order chi connectivity index (χ1) is 13.7. The summed E-state index contributed by atoms with van der Waals surface area (Å²) >= 11 is 1.38. The fraction of sp³-hybridized carbons (Fsp3) is 0.0909. The van der Waals surface area contributed by atoms with Gasteiger partial charge in [0.05, 0.1) is 4.88 Å². The SMILES string of the molecule is CCN(C(=O)c1cccc(NC(=O)c2cccs2)c1)c1ccc2[nH]ccc2c1. The number of hydrogen-bond donors (Lipinski definition) is 2. The summed E-state index contributed by atoms with van der Waals surface area (Å²) in [4.78, 5) is 30.9. The molecule has 6 heteroatoms. The summed E-state index contributed by atoms with van der Waals surface area (Å²) in [6, 6.07) is 18.5. The number of nitrogens with one attached hydrogen (secondary N) is 2. The van der Waals surface area contributed by atoms with E-state index in [1.807, 2.05) is 48.8 Å². The molecule has 0 aliphatic rings. The van der Waals surface area contributed by atoms with E-state index < -0.39 is 0 Å². The van der Waals surface area contributed by atoms with Gasteiger partial charge in [-0.25, -0.2) is 0 Å². The molecule has 2 aromatic heterocycles. The molecular weight excluding hydrogens is 370 g/mol. The van der Waals surface area contributed by atoms with E-state index in [2.05, 4.69) is 10.3 Å². The summed E-state index contributed by atoms with van der Waals surface area (Å²) in [7, 11) is 0. The minimum atomic E-state index is -0.176. The number of rotatable bonds is 5. The molecule has 5 nitrogen and oxygen atoms in total. The second kappa shape index (κ2) is 7.70. The maximum Gasteiger partial charge on any atom is 0.265 e. The zero-order valence-electron chi connectivity index (χ0n) is 15.3. The first-order valence-electron chi connectivity index (χ1n) is 8.99. The summed E-state index contributed by atoms with van der Waals surface area (Å²) in [5.74, 6) is -0.283. The first-order valence-corrected chi connectivity index (χ1v) is 9.87. The number of anilines is 2. The van der Waals surface area contributed by atoms with Crippen molar-refractivity contribution in [3.8, 4) is 0 Å². The van der Waals surface area contributed by atoms with E-state index in [1.165, 1.54) is 11.3 Å². The van der Waals surface area contributed by atoms with Crippen LogP contribution in [0.15, 0.2) is 72.2 Å². The highest BCUT2D eigenvalue weighted by Gasteiger charge is 2.17. The second-order valence-electron chi connectivity index (χ2n) is 6.31. The Labute approximate surface area is 166 Å². The van der Waals surface area contributed by atoms with Crippen molar-refractivity contribution in [2.24, 2.45) is 0 Å². The number of amides is 2. The van der Waals surface area contributed by atoms with Crippen LogP contribution in [0.4, 0.5) is 11.4 Å². The Kier molecular flexibility index (Phi) is 4.95. The molecule has 28 heavy (non-hydrogen) atoms. The lowest BCUT2D eigenvalue weighted by Crippen LogP contribution is -2.30. The fourth-order valence-corrected chi connectivity index (χ4v) is 3.76. The molecule has 0 radical (unpaired) electrons. The Balaban J connectivity index is 1.58. The van der Waals surface area contributed by atoms with Crippen LogP contribution in [0, 0.1) is 0 Å². The predicted octanol–water partition coefficient (Wildman–Crippen LogP) is 5.15. The minimum Gasteiger partial charge on any atom is -0.361 e. The fourth-order valence-electron chi connectivity index (χ4n) is 3.14. The Morgan fingerprint density at radius 3 is 2.75 bits per heavy atom. The van der Waals surface area contributed by atoms with Crippen LogP contribution in [0.2, 0.25) is 0 Å².